The fourth-order valence-corrected chi connectivity index (χ4v) is 4.33. The fraction of sp³-hybridized carbons (Fsp3) is 0.556. The van der Waals surface area contributed by atoms with Gasteiger partial charge in [0.2, 0.25) is 0 Å². The Bertz CT molecular complexity index is 1040. The van der Waals surface area contributed by atoms with Gasteiger partial charge in [-0.2, -0.15) is 0 Å². The Balaban J connectivity index is 1.95. The molecule has 2 bridgehead atoms. The molecule has 1 spiro atoms. The number of likely N-dealkylation sites (N-methyl/N-ethyl adjacent to an activating group) is 1. The van der Waals surface area contributed by atoms with Crippen molar-refractivity contribution >= 4 is 0 Å². The van der Waals surface area contributed by atoms with Crippen LogP contribution in [0.2, 0.25) is 0 Å². The molecule has 2 unspecified atom stereocenters. The molecule has 1 fully saturated rings. The molecule has 5 rings (SSSR count). The molecule has 22 heavy (non-hydrogen) atoms. The first kappa shape index (κ1) is 6.93. The third-order valence-corrected chi connectivity index (χ3v) is 5.31. The molecule has 5 atom stereocenters. The largest absolute Gasteiger partial charge is 0.493 e. The van der Waals surface area contributed by atoms with Crippen LogP contribution in [0.25, 0.3) is 0 Å². The summed E-state index contributed by atoms with van der Waals surface area (Å²) in [6, 6.07) is -2.27. The van der Waals surface area contributed by atoms with Crippen LogP contribution in [0.15, 0.2) is 24.2 Å². The van der Waals surface area contributed by atoms with E-state index in [1.165, 1.54) is 6.08 Å². The molecule has 0 saturated carbocycles. The van der Waals surface area contributed by atoms with Crippen molar-refractivity contribution in [3.05, 3.63) is 35.4 Å². The van der Waals surface area contributed by atoms with E-state index in [9.17, 15) is 6.48 Å². The summed E-state index contributed by atoms with van der Waals surface area (Å²) >= 11 is 0. The lowest BCUT2D eigenvalue weighted by Gasteiger charge is -2.56. The molecular weight excluding hydrogens is 278 g/mol. The number of benzene rings is 1. The average molecular weight is 308 g/mol. The summed E-state index contributed by atoms with van der Waals surface area (Å²) in [5, 5.41) is 10.8. The third-order valence-electron chi connectivity index (χ3n) is 5.31. The van der Waals surface area contributed by atoms with Gasteiger partial charge in [-0.15, -0.1) is 0 Å². The van der Waals surface area contributed by atoms with Crippen molar-refractivity contribution in [1.82, 2.24) is 4.90 Å². The highest BCUT2D eigenvalue weighted by Crippen LogP contribution is 2.62. The molecule has 2 aliphatic carbocycles. The Labute approximate surface area is 143 Å². The summed E-state index contributed by atoms with van der Waals surface area (Å²) in [5.41, 5.74) is -1.52. The SMILES string of the molecule is [2H]c1c([2H])c2c3c(c1OC([2H])([2H])[2H])OC1C([2H])(O)C=C[C@@]4([2H])[C@H](N(C)CC[C@]314)C2([2H])[2H]. The van der Waals surface area contributed by atoms with E-state index >= 15 is 0 Å². The summed E-state index contributed by atoms with van der Waals surface area (Å²) in [6.07, 6.45) is -3.26. The van der Waals surface area contributed by atoms with Crippen molar-refractivity contribution in [2.75, 3.05) is 20.6 Å². The maximum absolute atomic E-state index is 10.8. The van der Waals surface area contributed by atoms with Crippen molar-refractivity contribution in [1.29, 1.82) is 0 Å². The van der Waals surface area contributed by atoms with Gasteiger partial charge >= 0.3 is 0 Å². The second kappa shape index (κ2) is 4.06. The van der Waals surface area contributed by atoms with Crippen LogP contribution in [0.5, 0.6) is 11.5 Å². The van der Waals surface area contributed by atoms with Crippen LogP contribution in [0.3, 0.4) is 0 Å². The highest BCUT2D eigenvalue weighted by molar-refractivity contribution is 5.62. The maximum atomic E-state index is 10.8. The highest BCUT2D eigenvalue weighted by Gasteiger charge is 2.64. The maximum Gasteiger partial charge on any atom is 0.165 e. The van der Waals surface area contributed by atoms with Crippen LogP contribution in [-0.4, -0.2) is 48.9 Å². The average Bonchev–Trinajstić information content (AvgIpc) is 2.96. The molecule has 0 amide bonds. The van der Waals surface area contributed by atoms with Gasteiger partial charge in [-0.25, -0.2) is 0 Å². The van der Waals surface area contributed by atoms with E-state index < -0.39 is 60.8 Å². The summed E-state index contributed by atoms with van der Waals surface area (Å²) < 4.78 is 85.9. The summed E-state index contributed by atoms with van der Waals surface area (Å²) in [6.45, 7) is 0.332. The lowest BCUT2D eigenvalue weighted by molar-refractivity contribution is -0.0453. The predicted molar refractivity (Wildman–Crippen MR) is 82.5 cm³/mol. The van der Waals surface area contributed by atoms with Gasteiger partial charge < -0.3 is 19.5 Å². The number of rotatable bonds is 1. The number of hydrogen-bond donors (Lipinski definition) is 1. The standard InChI is InChI=1S/C18H21NO3/c1-19-8-7-18-11-4-5-13(20)17(18)22-16-14(21-2)6-3-10(15(16)18)9-12(11)19/h3-6,11-13,17,20H,7-9H2,1-2H3/t11-,12+,13?,17?,18-/m0/s1/i2D3,3D,6D,9D2,11D,13D. The van der Waals surface area contributed by atoms with Gasteiger partial charge in [-0.3, -0.25) is 0 Å². The zero-order valence-corrected chi connectivity index (χ0v) is 11.9. The Kier molecular flexibility index (Phi) is 1.28. The summed E-state index contributed by atoms with van der Waals surface area (Å²) in [7, 11) is -1.30. The molecule has 1 N–H and O–H groups in total. The lowest BCUT2D eigenvalue weighted by Crippen LogP contribution is -2.64. The van der Waals surface area contributed by atoms with Crippen molar-refractivity contribution in [3.63, 3.8) is 0 Å². The lowest BCUT2D eigenvalue weighted by atomic mass is 9.53. The minimum atomic E-state index is -2.97. The molecule has 1 saturated heterocycles. The molecule has 2 aliphatic heterocycles. The molecule has 0 radical (unpaired) electrons. The Morgan fingerprint density at radius 2 is 2.50 bits per heavy atom. The van der Waals surface area contributed by atoms with Crippen molar-refractivity contribution in [2.45, 2.75) is 36.4 Å². The Morgan fingerprint density at radius 1 is 1.59 bits per heavy atom. The quantitative estimate of drug-likeness (QED) is 0.799. The van der Waals surface area contributed by atoms with Crippen molar-refractivity contribution < 1.29 is 26.9 Å². The molecular formula is C18H21NO3. The number of nitrogens with zero attached hydrogens (tertiary/aromatic N) is 1. The number of ether oxygens (including phenoxy) is 2. The van der Waals surface area contributed by atoms with Gasteiger partial charge in [-0.05, 0) is 38.0 Å². The van der Waals surface area contributed by atoms with E-state index in [1.807, 2.05) is 0 Å². The summed E-state index contributed by atoms with van der Waals surface area (Å²) in [4.78, 5) is 1.69. The van der Waals surface area contributed by atoms with E-state index in [0.717, 1.165) is 6.08 Å². The van der Waals surface area contributed by atoms with E-state index in [4.69, 9.17) is 20.4 Å². The van der Waals surface area contributed by atoms with E-state index in [-0.39, 0.29) is 23.3 Å². The van der Waals surface area contributed by atoms with Gasteiger partial charge in [-0.1, -0.05) is 18.2 Å². The second-order valence-corrected chi connectivity index (χ2v) is 6.22. The van der Waals surface area contributed by atoms with Gasteiger partial charge in [0.15, 0.2) is 11.5 Å². The number of hydrogen-bond acceptors (Lipinski definition) is 4. The Morgan fingerprint density at radius 3 is 3.36 bits per heavy atom. The van der Waals surface area contributed by atoms with Gasteiger partial charge in [0.25, 0.3) is 0 Å². The molecule has 1 aromatic carbocycles. The van der Waals surface area contributed by atoms with E-state index in [0.29, 0.717) is 6.54 Å². The fourth-order valence-electron chi connectivity index (χ4n) is 4.33. The van der Waals surface area contributed by atoms with Gasteiger partial charge in [0.05, 0.1) is 15.3 Å². The van der Waals surface area contributed by atoms with Crippen LogP contribution in [-0.2, 0) is 11.8 Å². The molecule has 4 nitrogen and oxygen atoms in total. The zero-order valence-electron chi connectivity index (χ0n) is 20.9. The topological polar surface area (TPSA) is 41.9 Å². The highest BCUT2D eigenvalue weighted by atomic mass is 16.5. The minimum absolute atomic E-state index is 0.0668. The molecule has 0 aromatic heterocycles. The number of methoxy groups -OCH3 is 1. The summed E-state index contributed by atoms with van der Waals surface area (Å²) in [5.74, 6) is -2.50. The third kappa shape index (κ3) is 1.28. The molecule has 2 heterocycles. The Hall–Kier alpha value is -1.52. The first-order chi connectivity index (χ1) is 14.1. The van der Waals surface area contributed by atoms with Crippen LogP contribution < -0.4 is 9.47 Å². The monoisotopic (exact) mass is 308 g/mol. The first-order valence-corrected chi connectivity index (χ1v) is 7.26. The van der Waals surface area contributed by atoms with Crippen LogP contribution in [0, 0.1) is 5.89 Å². The first-order valence-electron chi connectivity index (χ1n) is 11.8. The van der Waals surface area contributed by atoms with Crippen molar-refractivity contribution in [3.8, 4) is 11.5 Å². The minimum Gasteiger partial charge on any atom is -0.493 e. The second-order valence-electron chi connectivity index (χ2n) is 6.22. The predicted octanol–water partition coefficient (Wildman–Crippen LogP) is 1.50. The van der Waals surface area contributed by atoms with E-state index in [1.54, 1.807) is 11.9 Å². The van der Waals surface area contributed by atoms with Crippen molar-refractivity contribution in [2.24, 2.45) is 5.89 Å². The number of aliphatic hydroxyl groups is 1. The smallest absolute Gasteiger partial charge is 0.165 e. The molecule has 4 heteroatoms. The van der Waals surface area contributed by atoms with Gasteiger partial charge in [0.1, 0.15) is 12.2 Å². The van der Waals surface area contributed by atoms with Gasteiger partial charge in [0, 0.05) is 27.0 Å². The number of piperidine rings is 1. The van der Waals surface area contributed by atoms with Crippen LogP contribution in [0.1, 0.15) is 29.9 Å². The molecule has 4 aliphatic rings. The number of likely N-dealkylation sites (tertiary alicyclic amines) is 1. The molecule has 1 aromatic rings. The molecule has 116 valence electrons. The zero-order chi connectivity index (χ0) is 22.9. The van der Waals surface area contributed by atoms with E-state index in [2.05, 4.69) is 0 Å². The normalized spacial score (nSPS) is 56.5. The van der Waals surface area contributed by atoms with Crippen LogP contribution in [0.4, 0.5) is 0 Å². The van der Waals surface area contributed by atoms with Crippen LogP contribution >= 0.6 is 0 Å².